The van der Waals surface area contributed by atoms with Crippen molar-refractivity contribution in [3.8, 4) is 0 Å². The second kappa shape index (κ2) is 7.77. The fourth-order valence-electron chi connectivity index (χ4n) is 2.31. The molecule has 0 aliphatic heterocycles. The average Bonchev–Trinajstić information content (AvgIpc) is 3.03. The van der Waals surface area contributed by atoms with Crippen LogP contribution in [0.15, 0.2) is 47.8 Å². The van der Waals surface area contributed by atoms with Crippen molar-refractivity contribution in [1.82, 2.24) is 19.9 Å². The first-order valence-electron chi connectivity index (χ1n) is 7.85. The Hall–Kier alpha value is -2.26. The van der Waals surface area contributed by atoms with Crippen LogP contribution in [0.1, 0.15) is 18.1 Å². The van der Waals surface area contributed by atoms with E-state index in [-0.39, 0.29) is 21.7 Å². The first-order valence-corrected chi connectivity index (χ1v) is 9.11. The van der Waals surface area contributed by atoms with Gasteiger partial charge in [-0.1, -0.05) is 53.7 Å². The number of nitrogens with zero attached hydrogens (tertiary/aromatic N) is 3. The second-order valence-corrected chi connectivity index (χ2v) is 7.43. The van der Waals surface area contributed by atoms with Crippen LogP contribution in [0.4, 0.5) is 13.2 Å². The molecule has 0 saturated heterocycles. The maximum Gasteiger partial charge on any atom is 0.417 e. The van der Waals surface area contributed by atoms with E-state index < -0.39 is 17.0 Å². The minimum absolute atomic E-state index is 0.101. The van der Waals surface area contributed by atoms with E-state index in [0.717, 1.165) is 34.0 Å². The molecule has 0 spiro atoms. The molecule has 0 saturated carbocycles. The van der Waals surface area contributed by atoms with Crippen molar-refractivity contribution < 1.29 is 18.0 Å². The smallest absolute Gasteiger partial charge is 0.351 e. The number of nitrogens with one attached hydrogen (secondary N) is 1. The Labute approximate surface area is 161 Å². The molecule has 5 nitrogen and oxygen atoms in total. The molecule has 1 aromatic carbocycles. The van der Waals surface area contributed by atoms with Crippen LogP contribution in [0.2, 0.25) is 5.02 Å². The van der Waals surface area contributed by atoms with Gasteiger partial charge in [0.05, 0.1) is 15.8 Å². The van der Waals surface area contributed by atoms with E-state index in [4.69, 9.17) is 11.6 Å². The molecule has 2 aromatic heterocycles. The van der Waals surface area contributed by atoms with Gasteiger partial charge < -0.3 is 5.32 Å². The van der Waals surface area contributed by atoms with Crippen molar-refractivity contribution in [3.63, 3.8) is 0 Å². The van der Waals surface area contributed by atoms with E-state index in [2.05, 4.69) is 15.5 Å². The van der Waals surface area contributed by atoms with Crippen molar-refractivity contribution >= 4 is 34.9 Å². The summed E-state index contributed by atoms with van der Waals surface area (Å²) < 4.78 is 40.2. The highest BCUT2D eigenvalue weighted by atomic mass is 35.5. The van der Waals surface area contributed by atoms with Crippen LogP contribution in [0, 0.1) is 0 Å². The molecule has 1 N–H and O–H groups in total. The molecule has 2 heterocycles. The Morgan fingerprint density at radius 3 is 2.67 bits per heavy atom. The van der Waals surface area contributed by atoms with Crippen LogP contribution in [0.25, 0.3) is 5.65 Å². The van der Waals surface area contributed by atoms with E-state index >= 15 is 0 Å². The summed E-state index contributed by atoms with van der Waals surface area (Å²) in [5.74, 6) is -0.265. The minimum Gasteiger partial charge on any atom is -0.351 e. The lowest BCUT2D eigenvalue weighted by molar-refractivity contribution is -0.137. The van der Waals surface area contributed by atoms with Gasteiger partial charge in [-0.15, -0.1) is 10.2 Å². The molecule has 0 bridgehead atoms. The number of hydrogen-bond donors (Lipinski definition) is 1. The van der Waals surface area contributed by atoms with Crippen LogP contribution in [-0.4, -0.2) is 25.8 Å². The number of hydrogen-bond acceptors (Lipinski definition) is 4. The predicted molar refractivity (Wildman–Crippen MR) is 96.6 cm³/mol. The first-order chi connectivity index (χ1) is 12.8. The Balaban J connectivity index is 1.75. The van der Waals surface area contributed by atoms with Crippen molar-refractivity contribution in [3.05, 3.63) is 58.7 Å². The lowest BCUT2D eigenvalue weighted by atomic mass is 10.2. The van der Waals surface area contributed by atoms with Crippen LogP contribution in [-0.2, 0) is 17.5 Å². The Kier molecular flexibility index (Phi) is 5.61. The van der Waals surface area contributed by atoms with Gasteiger partial charge in [0, 0.05) is 12.7 Å². The van der Waals surface area contributed by atoms with Gasteiger partial charge in [0.1, 0.15) is 0 Å². The number of halogens is 4. The van der Waals surface area contributed by atoms with E-state index in [1.165, 1.54) is 0 Å². The Bertz CT molecular complexity index is 962. The molecule has 0 aliphatic carbocycles. The lowest BCUT2D eigenvalue weighted by Crippen LogP contribution is -2.30. The highest BCUT2D eigenvalue weighted by Gasteiger charge is 2.32. The van der Waals surface area contributed by atoms with Gasteiger partial charge >= 0.3 is 6.18 Å². The predicted octanol–water partition coefficient (Wildman–Crippen LogP) is 4.20. The highest BCUT2D eigenvalue weighted by molar-refractivity contribution is 8.00. The fourth-order valence-corrected chi connectivity index (χ4v) is 3.40. The van der Waals surface area contributed by atoms with E-state index in [0.29, 0.717) is 6.54 Å². The van der Waals surface area contributed by atoms with Gasteiger partial charge in [-0.05, 0) is 18.6 Å². The third kappa shape index (κ3) is 4.54. The van der Waals surface area contributed by atoms with Crippen molar-refractivity contribution in [1.29, 1.82) is 0 Å². The zero-order valence-electron chi connectivity index (χ0n) is 14.0. The normalized spacial score (nSPS) is 12.9. The molecule has 3 aromatic rings. The third-order valence-electron chi connectivity index (χ3n) is 3.72. The molecular weight excluding hydrogens is 401 g/mol. The summed E-state index contributed by atoms with van der Waals surface area (Å²) in [5, 5.41) is 9.86. The lowest BCUT2D eigenvalue weighted by Gasteiger charge is -2.12. The summed E-state index contributed by atoms with van der Waals surface area (Å²) in [5.41, 5.74) is 0.129. The SMILES string of the molecule is C[C@H](Sc1nnc2c(Cl)cc(C(F)(F)F)cn12)C(=O)NCc1ccccc1. The summed E-state index contributed by atoms with van der Waals surface area (Å²) >= 11 is 6.89. The molecule has 10 heteroatoms. The molecular formula is C17H14ClF3N4OS. The molecule has 0 fully saturated rings. The van der Waals surface area contributed by atoms with Crippen molar-refractivity contribution in [2.75, 3.05) is 0 Å². The quantitative estimate of drug-likeness (QED) is 0.636. The van der Waals surface area contributed by atoms with Crippen molar-refractivity contribution in [2.24, 2.45) is 0 Å². The second-order valence-electron chi connectivity index (χ2n) is 5.71. The zero-order valence-corrected chi connectivity index (χ0v) is 15.6. The van der Waals surface area contributed by atoms with Crippen LogP contribution in [0.5, 0.6) is 0 Å². The molecule has 1 amide bonds. The van der Waals surface area contributed by atoms with Gasteiger partial charge in [-0.25, -0.2) is 0 Å². The summed E-state index contributed by atoms with van der Waals surface area (Å²) in [7, 11) is 0. The number of amides is 1. The average molecular weight is 415 g/mol. The molecule has 0 unspecified atom stereocenters. The maximum atomic E-state index is 13.0. The third-order valence-corrected chi connectivity index (χ3v) is 5.05. The number of carbonyl (C=O) groups is 1. The number of thioether (sulfide) groups is 1. The van der Waals surface area contributed by atoms with Crippen LogP contribution < -0.4 is 5.32 Å². The molecule has 0 aliphatic rings. The summed E-state index contributed by atoms with van der Waals surface area (Å²) in [6.45, 7) is 2.00. The summed E-state index contributed by atoms with van der Waals surface area (Å²) in [4.78, 5) is 12.3. The molecule has 1 atom stereocenters. The molecule has 27 heavy (non-hydrogen) atoms. The number of benzene rings is 1. The summed E-state index contributed by atoms with van der Waals surface area (Å²) in [6.07, 6.45) is -3.68. The largest absolute Gasteiger partial charge is 0.417 e. The van der Waals surface area contributed by atoms with Gasteiger partial charge in [-0.2, -0.15) is 13.2 Å². The van der Waals surface area contributed by atoms with Crippen LogP contribution >= 0.6 is 23.4 Å². The monoisotopic (exact) mass is 414 g/mol. The topological polar surface area (TPSA) is 59.3 Å². The Morgan fingerprint density at radius 1 is 1.30 bits per heavy atom. The van der Waals surface area contributed by atoms with Gasteiger partial charge in [0.25, 0.3) is 0 Å². The van der Waals surface area contributed by atoms with E-state index in [1.807, 2.05) is 30.3 Å². The standard InChI is InChI=1S/C17H14ClF3N4OS/c1-10(15(26)22-8-11-5-3-2-4-6-11)27-16-24-23-14-13(18)7-12(9-25(14)16)17(19,20)21/h2-7,9-10H,8H2,1H3,(H,22,26)/t10-/m0/s1. The number of pyridine rings is 1. The van der Waals surface area contributed by atoms with Crippen molar-refractivity contribution in [2.45, 2.75) is 30.1 Å². The molecule has 0 radical (unpaired) electrons. The minimum atomic E-state index is -4.55. The van der Waals surface area contributed by atoms with Gasteiger partial charge in [-0.3, -0.25) is 9.20 Å². The number of carbonyl (C=O) groups excluding carboxylic acids is 1. The number of aromatic nitrogens is 3. The highest BCUT2D eigenvalue weighted by Crippen LogP contribution is 2.33. The molecule has 142 valence electrons. The first kappa shape index (κ1) is 19.5. The number of rotatable bonds is 5. The number of fused-ring (bicyclic) bond motifs is 1. The number of alkyl halides is 3. The Morgan fingerprint density at radius 2 is 2.00 bits per heavy atom. The zero-order chi connectivity index (χ0) is 19.6. The fraction of sp³-hybridized carbons (Fsp3) is 0.235. The van der Waals surface area contributed by atoms with E-state index in [1.54, 1.807) is 6.92 Å². The maximum absolute atomic E-state index is 13.0. The molecule has 3 rings (SSSR count). The van der Waals surface area contributed by atoms with Gasteiger partial charge in [0.15, 0.2) is 10.8 Å². The van der Waals surface area contributed by atoms with E-state index in [9.17, 15) is 18.0 Å². The summed E-state index contributed by atoms with van der Waals surface area (Å²) in [6, 6.07) is 10.2. The van der Waals surface area contributed by atoms with Crippen LogP contribution in [0.3, 0.4) is 0 Å². The van der Waals surface area contributed by atoms with Gasteiger partial charge in [0.2, 0.25) is 5.91 Å².